The van der Waals surface area contributed by atoms with Crippen LogP contribution in [0.1, 0.15) is 0 Å². The summed E-state index contributed by atoms with van der Waals surface area (Å²) in [6, 6.07) is 15.5. The number of halogens is 1. The Labute approximate surface area is 132 Å². The summed E-state index contributed by atoms with van der Waals surface area (Å²) >= 11 is 3.41. The molecule has 1 aliphatic heterocycles. The van der Waals surface area contributed by atoms with Crippen LogP contribution >= 0.6 is 15.9 Å². The molecule has 1 N–H and O–H groups in total. The third kappa shape index (κ3) is 2.88. The molecule has 1 heterocycles. The monoisotopic (exact) mass is 345 g/mol. The topological polar surface area (TPSA) is 35.6 Å². The first-order chi connectivity index (χ1) is 10.1. The molecule has 2 aromatic carbocycles. The highest BCUT2D eigenvalue weighted by atomic mass is 79.9. The zero-order valence-electron chi connectivity index (χ0n) is 11.7. The lowest BCUT2D eigenvalue weighted by Crippen LogP contribution is -2.44. The van der Waals surface area contributed by atoms with Crippen LogP contribution in [0.25, 0.3) is 0 Å². The smallest absolute Gasteiger partial charge is 0.326 e. The van der Waals surface area contributed by atoms with Crippen molar-refractivity contribution in [3.05, 3.63) is 53.0 Å². The van der Waals surface area contributed by atoms with Crippen molar-refractivity contribution in [3.8, 4) is 0 Å². The van der Waals surface area contributed by atoms with E-state index in [9.17, 15) is 4.79 Å². The van der Waals surface area contributed by atoms with Gasteiger partial charge in [-0.2, -0.15) is 0 Å². The molecule has 0 unspecified atom stereocenters. The molecule has 108 valence electrons. The molecule has 0 saturated heterocycles. The fourth-order valence-electron chi connectivity index (χ4n) is 2.47. The van der Waals surface area contributed by atoms with E-state index in [1.54, 1.807) is 4.90 Å². The Morgan fingerprint density at radius 1 is 1.10 bits per heavy atom. The number of para-hydroxylation sites is 2. The van der Waals surface area contributed by atoms with Gasteiger partial charge >= 0.3 is 6.03 Å². The van der Waals surface area contributed by atoms with Gasteiger partial charge in [-0.1, -0.05) is 34.1 Å². The SMILES string of the molecule is CN1CCN(C(=O)Nc2cccc(Br)c2)c2ccccc21. The lowest BCUT2D eigenvalue weighted by Gasteiger charge is -2.35. The first kappa shape index (κ1) is 13.9. The molecular formula is C16H16BrN3O. The minimum Gasteiger partial charge on any atom is -0.371 e. The van der Waals surface area contributed by atoms with Crippen molar-refractivity contribution < 1.29 is 4.79 Å². The van der Waals surface area contributed by atoms with Crippen molar-refractivity contribution in [3.63, 3.8) is 0 Å². The van der Waals surface area contributed by atoms with E-state index in [1.807, 2.05) is 55.6 Å². The van der Waals surface area contributed by atoms with Gasteiger partial charge in [-0.25, -0.2) is 4.79 Å². The maximum Gasteiger partial charge on any atom is 0.326 e. The first-order valence-corrected chi connectivity index (χ1v) is 7.59. The molecule has 0 aliphatic carbocycles. The number of amides is 2. The molecule has 0 aromatic heterocycles. The zero-order chi connectivity index (χ0) is 14.8. The Morgan fingerprint density at radius 3 is 2.62 bits per heavy atom. The Balaban J connectivity index is 1.84. The van der Waals surface area contributed by atoms with Crippen LogP contribution in [0.2, 0.25) is 0 Å². The Kier molecular flexibility index (Phi) is 3.84. The van der Waals surface area contributed by atoms with Gasteiger partial charge in [0.15, 0.2) is 0 Å². The molecule has 3 rings (SSSR count). The van der Waals surface area contributed by atoms with Gasteiger partial charge in [-0.15, -0.1) is 0 Å². The van der Waals surface area contributed by atoms with Gasteiger partial charge in [0.25, 0.3) is 0 Å². The Bertz CT molecular complexity index is 674. The van der Waals surface area contributed by atoms with Crippen LogP contribution in [0.15, 0.2) is 53.0 Å². The van der Waals surface area contributed by atoms with Gasteiger partial charge in [-0.3, -0.25) is 4.90 Å². The number of rotatable bonds is 1. The molecule has 4 nitrogen and oxygen atoms in total. The maximum absolute atomic E-state index is 12.5. The van der Waals surface area contributed by atoms with E-state index < -0.39 is 0 Å². The van der Waals surface area contributed by atoms with Crippen LogP contribution in [0.3, 0.4) is 0 Å². The molecule has 0 saturated carbocycles. The summed E-state index contributed by atoms with van der Waals surface area (Å²) in [6.45, 7) is 1.50. The van der Waals surface area contributed by atoms with Gasteiger partial charge in [-0.05, 0) is 30.3 Å². The van der Waals surface area contributed by atoms with E-state index >= 15 is 0 Å². The van der Waals surface area contributed by atoms with Crippen LogP contribution in [0, 0.1) is 0 Å². The van der Waals surface area contributed by atoms with Crippen molar-refractivity contribution in [1.82, 2.24) is 0 Å². The predicted octanol–water partition coefficient (Wildman–Crippen LogP) is 3.94. The Hall–Kier alpha value is -2.01. The second kappa shape index (κ2) is 5.77. The highest BCUT2D eigenvalue weighted by Crippen LogP contribution is 2.32. The second-order valence-electron chi connectivity index (χ2n) is 5.00. The average molecular weight is 346 g/mol. The van der Waals surface area contributed by atoms with Crippen molar-refractivity contribution >= 4 is 39.0 Å². The summed E-state index contributed by atoms with van der Waals surface area (Å²) in [7, 11) is 2.04. The van der Waals surface area contributed by atoms with Crippen LogP contribution < -0.4 is 15.1 Å². The molecule has 2 aromatic rings. The van der Waals surface area contributed by atoms with Gasteiger partial charge in [0.05, 0.1) is 11.4 Å². The van der Waals surface area contributed by atoms with Crippen molar-refractivity contribution in [2.45, 2.75) is 0 Å². The second-order valence-corrected chi connectivity index (χ2v) is 5.92. The van der Waals surface area contributed by atoms with E-state index in [1.165, 1.54) is 0 Å². The van der Waals surface area contributed by atoms with Crippen LogP contribution in [0.4, 0.5) is 21.9 Å². The van der Waals surface area contributed by atoms with Crippen molar-refractivity contribution in [2.24, 2.45) is 0 Å². The number of carbonyl (C=O) groups excluding carboxylic acids is 1. The fraction of sp³-hybridized carbons (Fsp3) is 0.188. The van der Waals surface area contributed by atoms with Gasteiger partial charge in [0, 0.05) is 30.3 Å². The van der Waals surface area contributed by atoms with E-state index in [0.717, 1.165) is 28.1 Å². The van der Waals surface area contributed by atoms with E-state index in [-0.39, 0.29) is 6.03 Å². The largest absolute Gasteiger partial charge is 0.371 e. The van der Waals surface area contributed by atoms with Gasteiger partial charge in [0.1, 0.15) is 0 Å². The minimum atomic E-state index is -0.103. The minimum absolute atomic E-state index is 0.103. The number of carbonyl (C=O) groups is 1. The summed E-state index contributed by atoms with van der Waals surface area (Å²) in [5.41, 5.74) is 2.80. The summed E-state index contributed by atoms with van der Waals surface area (Å²) in [6.07, 6.45) is 0. The average Bonchev–Trinajstić information content (AvgIpc) is 2.48. The summed E-state index contributed by atoms with van der Waals surface area (Å²) in [5, 5.41) is 2.95. The highest BCUT2D eigenvalue weighted by Gasteiger charge is 2.24. The molecule has 5 heteroatoms. The van der Waals surface area contributed by atoms with Crippen molar-refractivity contribution in [1.29, 1.82) is 0 Å². The fourth-order valence-corrected chi connectivity index (χ4v) is 2.87. The highest BCUT2D eigenvalue weighted by molar-refractivity contribution is 9.10. The van der Waals surface area contributed by atoms with Crippen LogP contribution in [0.5, 0.6) is 0 Å². The molecule has 1 aliphatic rings. The molecule has 0 spiro atoms. The number of benzene rings is 2. The van der Waals surface area contributed by atoms with Gasteiger partial charge < -0.3 is 10.2 Å². The first-order valence-electron chi connectivity index (χ1n) is 6.79. The summed E-state index contributed by atoms with van der Waals surface area (Å²) in [4.78, 5) is 16.5. The molecule has 2 amide bonds. The van der Waals surface area contributed by atoms with E-state index in [4.69, 9.17) is 0 Å². The number of fused-ring (bicyclic) bond motifs is 1. The van der Waals surface area contributed by atoms with Crippen LogP contribution in [-0.2, 0) is 0 Å². The lowest BCUT2D eigenvalue weighted by atomic mass is 10.2. The molecule has 0 atom stereocenters. The van der Waals surface area contributed by atoms with Crippen molar-refractivity contribution in [2.75, 3.05) is 35.3 Å². The third-order valence-electron chi connectivity index (χ3n) is 3.56. The number of nitrogens with one attached hydrogen (secondary N) is 1. The number of nitrogens with zero attached hydrogens (tertiary/aromatic N) is 2. The molecule has 0 radical (unpaired) electrons. The molecular weight excluding hydrogens is 330 g/mol. The summed E-state index contributed by atoms with van der Waals surface area (Å²) < 4.78 is 0.944. The normalized spacial score (nSPS) is 13.8. The quantitative estimate of drug-likeness (QED) is 0.849. The maximum atomic E-state index is 12.5. The van der Waals surface area contributed by atoms with Gasteiger partial charge in [0.2, 0.25) is 0 Å². The summed E-state index contributed by atoms with van der Waals surface area (Å²) in [5.74, 6) is 0. The molecule has 0 fully saturated rings. The van der Waals surface area contributed by atoms with E-state index in [0.29, 0.717) is 6.54 Å². The standard InChI is InChI=1S/C16H16BrN3O/c1-19-9-10-20(15-8-3-2-7-14(15)19)16(21)18-13-6-4-5-12(17)11-13/h2-8,11H,9-10H2,1H3,(H,18,21). The Morgan fingerprint density at radius 2 is 1.86 bits per heavy atom. The molecule has 0 bridgehead atoms. The third-order valence-corrected chi connectivity index (χ3v) is 4.06. The van der Waals surface area contributed by atoms with E-state index in [2.05, 4.69) is 26.1 Å². The number of likely N-dealkylation sites (N-methyl/N-ethyl adjacent to an activating group) is 1. The predicted molar refractivity (Wildman–Crippen MR) is 90.2 cm³/mol. The number of hydrogen-bond acceptors (Lipinski definition) is 2. The zero-order valence-corrected chi connectivity index (χ0v) is 13.3. The number of urea groups is 1. The lowest BCUT2D eigenvalue weighted by molar-refractivity contribution is 0.257. The number of hydrogen-bond donors (Lipinski definition) is 1. The molecule has 21 heavy (non-hydrogen) atoms. The van der Waals surface area contributed by atoms with Crippen LogP contribution in [-0.4, -0.2) is 26.2 Å². The number of anilines is 3.